The van der Waals surface area contributed by atoms with Crippen LogP contribution in [-0.2, 0) is 19.3 Å². The van der Waals surface area contributed by atoms with Crippen LogP contribution < -0.4 is 16.0 Å². The van der Waals surface area contributed by atoms with Gasteiger partial charge in [-0.05, 0) is 60.9 Å². The number of hydrogen-bond acceptors (Lipinski definition) is 3. The van der Waals surface area contributed by atoms with Crippen molar-refractivity contribution in [1.82, 2.24) is 5.32 Å². The highest BCUT2D eigenvalue weighted by atomic mass is 15.0. The quantitative estimate of drug-likeness (QED) is 0.483. The minimum absolute atomic E-state index is 0.942. The molecule has 0 unspecified atom stereocenters. The van der Waals surface area contributed by atoms with Crippen LogP contribution in [-0.4, -0.2) is 26.2 Å². The van der Waals surface area contributed by atoms with Crippen molar-refractivity contribution in [3.05, 3.63) is 58.1 Å². The van der Waals surface area contributed by atoms with Gasteiger partial charge in [0.2, 0.25) is 0 Å². The van der Waals surface area contributed by atoms with Crippen LogP contribution in [0, 0.1) is 13.8 Å². The van der Waals surface area contributed by atoms with E-state index in [0.717, 1.165) is 45.4 Å². The molecule has 0 radical (unpaired) electrons. The molecule has 3 nitrogen and oxygen atoms in total. The molecular weight excluding hydrogens is 330 g/mol. The molecule has 0 amide bonds. The van der Waals surface area contributed by atoms with Crippen molar-refractivity contribution in [2.45, 2.75) is 53.9 Å². The zero-order valence-electron chi connectivity index (χ0n) is 17.8. The van der Waals surface area contributed by atoms with Crippen LogP contribution in [0.1, 0.15) is 48.6 Å². The first-order valence-corrected chi connectivity index (χ1v) is 10.5. The number of para-hydroxylation sites is 1. The average Bonchev–Trinajstić information content (AvgIpc) is 2.68. The molecule has 0 saturated carbocycles. The molecule has 0 bridgehead atoms. The maximum absolute atomic E-state index is 3.68. The summed E-state index contributed by atoms with van der Waals surface area (Å²) in [5.74, 6) is 0. The van der Waals surface area contributed by atoms with Gasteiger partial charge in [-0.1, -0.05) is 51.1 Å². The van der Waals surface area contributed by atoms with Crippen molar-refractivity contribution < 1.29 is 0 Å². The van der Waals surface area contributed by atoms with Gasteiger partial charge in [0.1, 0.15) is 0 Å². The Kier molecular flexibility index (Phi) is 8.66. The summed E-state index contributed by atoms with van der Waals surface area (Å²) in [6, 6.07) is 11.2. The zero-order valence-corrected chi connectivity index (χ0v) is 17.8. The maximum atomic E-state index is 3.68. The molecule has 3 N–H and O–H groups in total. The molecule has 0 heterocycles. The Bertz CT molecular complexity index is 676. The third kappa shape index (κ3) is 6.00. The molecule has 148 valence electrons. The summed E-state index contributed by atoms with van der Waals surface area (Å²) in [7, 11) is 0. The van der Waals surface area contributed by atoms with Crippen LogP contribution in [0.2, 0.25) is 0 Å². The van der Waals surface area contributed by atoms with E-state index >= 15 is 0 Å². The Balaban J connectivity index is 1.77. The van der Waals surface area contributed by atoms with Gasteiger partial charge < -0.3 is 16.0 Å². The van der Waals surface area contributed by atoms with Crippen molar-refractivity contribution in [2.24, 2.45) is 0 Å². The van der Waals surface area contributed by atoms with Gasteiger partial charge >= 0.3 is 0 Å². The molecule has 0 aliphatic heterocycles. The molecule has 0 spiro atoms. The molecule has 27 heavy (non-hydrogen) atoms. The van der Waals surface area contributed by atoms with Crippen molar-refractivity contribution >= 4 is 11.4 Å². The van der Waals surface area contributed by atoms with Crippen molar-refractivity contribution in [3.8, 4) is 0 Å². The van der Waals surface area contributed by atoms with Crippen molar-refractivity contribution in [1.29, 1.82) is 0 Å². The lowest BCUT2D eigenvalue weighted by Crippen LogP contribution is -2.28. The van der Waals surface area contributed by atoms with E-state index in [0.29, 0.717) is 0 Å². The van der Waals surface area contributed by atoms with Crippen LogP contribution in [0.25, 0.3) is 0 Å². The van der Waals surface area contributed by atoms with Crippen LogP contribution in [0.4, 0.5) is 11.4 Å². The minimum Gasteiger partial charge on any atom is -0.383 e. The Morgan fingerprint density at radius 1 is 0.667 bits per heavy atom. The standard InChI is InChI=1S/C24H37N3/c1-6-20-16-21(7-2)24(22(8-3)17-20)27-15-13-25-12-14-26-23-18(4)10-9-11-19(23)5/h9-11,16-17,25-27H,6-8,12-15H2,1-5H3. The zero-order chi connectivity index (χ0) is 19.6. The Morgan fingerprint density at radius 3 is 1.67 bits per heavy atom. The summed E-state index contributed by atoms with van der Waals surface area (Å²) in [5.41, 5.74) is 9.59. The number of benzene rings is 2. The molecule has 2 aromatic rings. The molecule has 2 rings (SSSR count). The fraction of sp³-hybridized carbons (Fsp3) is 0.500. The largest absolute Gasteiger partial charge is 0.383 e. The van der Waals surface area contributed by atoms with E-state index in [2.05, 4.69) is 80.9 Å². The Labute approximate surface area is 166 Å². The van der Waals surface area contributed by atoms with E-state index in [-0.39, 0.29) is 0 Å². The third-order valence-corrected chi connectivity index (χ3v) is 5.22. The van der Waals surface area contributed by atoms with E-state index < -0.39 is 0 Å². The number of rotatable bonds is 11. The lowest BCUT2D eigenvalue weighted by molar-refractivity contribution is 0.718. The molecule has 0 fully saturated rings. The lowest BCUT2D eigenvalue weighted by Gasteiger charge is -2.18. The summed E-state index contributed by atoms with van der Waals surface area (Å²) in [6.45, 7) is 14.9. The van der Waals surface area contributed by atoms with Crippen LogP contribution in [0.5, 0.6) is 0 Å². The van der Waals surface area contributed by atoms with E-state index in [1.165, 1.54) is 39.2 Å². The second kappa shape index (κ2) is 11.0. The predicted molar refractivity (Wildman–Crippen MR) is 120 cm³/mol. The van der Waals surface area contributed by atoms with E-state index in [1.54, 1.807) is 0 Å². The van der Waals surface area contributed by atoms with Crippen LogP contribution >= 0.6 is 0 Å². The molecule has 0 aromatic heterocycles. The van der Waals surface area contributed by atoms with Gasteiger partial charge in [-0.2, -0.15) is 0 Å². The summed E-state index contributed by atoms with van der Waals surface area (Å²) in [6.07, 6.45) is 3.27. The van der Waals surface area contributed by atoms with Gasteiger partial charge in [-0.15, -0.1) is 0 Å². The molecule has 0 atom stereocenters. The summed E-state index contributed by atoms with van der Waals surface area (Å²) >= 11 is 0. The van der Waals surface area contributed by atoms with Crippen LogP contribution in [0.15, 0.2) is 30.3 Å². The fourth-order valence-corrected chi connectivity index (χ4v) is 3.60. The van der Waals surface area contributed by atoms with Gasteiger partial charge in [-0.3, -0.25) is 0 Å². The SMILES string of the molecule is CCc1cc(CC)c(NCCNCCNc2c(C)cccc2C)c(CC)c1. The smallest absolute Gasteiger partial charge is 0.0405 e. The highest BCUT2D eigenvalue weighted by molar-refractivity contribution is 5.59. The lowest BCUT2D eigenvalue weighted by atomic mass is 9.98. The van der Waals surface area contributed by atoms with Crippen molar-refractivity contribution in [3.63, 3.8) is 0 Å². The van der Waals surface area contributed by atoms with Crippen LogP contribution in [0.3, 0.4) is 0 Å². The summed E-state index contributed by atoms with van der Waals surface area (Å²) < 4.78 is 0. The normalized spacial score (nSPS) is 10.9. The van der Waals surface area contributed by atoms with E-state index in [4.69, 9.17) is 0 Å². The summed E-state index contributed by atoms with van der Waals surface area (Å²) in [4.78, 5) is 0. The summed E-state index contributed by atoms with van der Waals surface area (Å²) in [5, 5.41) is 10.8. The second-order valence-electron chi connectivity index (χ2n) is 7.22. The third-order valence-electron chi connectivity index (χ3n) is 5.22. The molecule has 2 aromatic carbocycles. The predicted octanol–water partition coefficient (Wildman–Crippen LogP) is 5.10. The van der Waals surface area contributed by atoms with Gasteiger partial charge in [0, 0.05) is 37.6 Å². The van der Waals surface area contributed by atoms with Gasteiger partial charge in [0.15, 0.2) is 0 Å². The first-order chi connectivity index (χ1) is 13.1. The molecule has 0 saturated heterocycles. The van der Waals surface area contributed by atoms with E-state index in [9.17, 15) is 0 Å². The highest BCUT2D eigenvalue weighted by Crippen LogP contribution is 2.25. The molecular formula is C24H37N3. The first kappa shape index (κ1) is 21.3. The molecule has 0 aliphatic carbocycles. The van der Waals surface area contributed by atoms with Crippen molar-refractivity contribution in [2.75, 3.05) is 36.8 Å². The first-order valence-electron chi connectivity index (χ1n) is 10.5. The monoisotopic (exact) mass is 367 g/mol. The molecule has 0 aliphatic rings. The van der Waals surface area contributed by atoms with Gasteiger partial charge in [0.25, 0.3) is 0 Å². The topological polar surface area (TPSA) is 36.1 Å². The number of nitrogens with one attached hydrogen (secondary N) is 3. The maximum Gasteiger partial charge on any atom is 0.0405 e. The minimum atomic E-state index is 0.942. The fourth-order valence-electron chi connectivity index (χ4n) is 3.60. The molecule has 3 heteroatoms. The number of hydrogen-bond donors (Lipinski definition) is 3. The highest BCUT2D eigenvalue weighted by Gasteiger charge is 2.08. The Hall–Kier alpha value is -2.00. The van der Waals surface area contributed by atoms with Gasteiger partial charge in [-0.25, -0.2) is 0 Å². The average molecular weight is 368 g/mol. The Morgan fingerprint density at radius 2 is 1.19 bits per heavy atom. The number of aryl methyl sites for hydroxylation is 5. The second-order valence-corrected chi connectivity index (χ2v) is 7.22. The van der Waals surface area contributed by atoms with Gasteiger partial charge in [0.05, 0.1) is 0 Å². The number of anilines is 2. The van der Waals surface area contributed by atoms with E-state index in [1.807, 2.05) is 0 Å².